The Kier molecular flexibility index (Phi) is 31.6. The average Bonchev–Trinajstić information content (AvgIpc) is 2.91. The fourth-order valence-electron chi connectivity index (χ4n) is 6.02. The third-order valence-electron chi connectivity index (χ3n) is 9.34. The Balaban J connectivity index is 0. The van der Waals surface area contributed by atoms with E-state index in [1.54, 1.807) is 0 Å². The maximum Gasteiger partial charge on any atom is 0.0476 e. The number of aliphatic carboxylic acids is 1. The van der Waals surface area contributed by atoms with Crippen LogP contribution in [0.2, 0.25) is 0 Å². The Labute approximate surface area is 247 Å². The van der Waals surface area contributed by atoms with Crippen molar-refractivity contribution in [1.82, 2.24) is 6.15 Å². The minimum atomic E-state index is -0.825. The summed E-state index contributed by atoms with van der Waals surface area (Å²) < 4.78 is 0. The van der Waals surface area contributed by atoms with Crippen LogP contribution in [0, 0.1) is 11.3 Å². The molecule has 0 spiro atoms. The summed E-state index contributed by atoms with van der Waals surface area (Å²) in [5.74, 6) is -0.614. The summed E-state index contributed by atoms with van der Waals surface area (Å²) in [5.41, 5.74) is -0.658. The second-order valence-electron chi connectivity index (χ2n) is 13.0. The first kappa shape index (κ1) is 40.6. The van der Waals surface area contributed by atoms with Crippen LogP contribution in [0.15, 0.2) is 0 Å². The van der Waals surface area contributed by atoms with Gasteiger partial charge in [-0.2, -0.15) is 0 Å². The number of carbonyl (C=O) groups is 1. The predicted octanol–water partition coefficient (Wildman–Crippen LogP) is 12.1. The largest absolute Gasteiger partial charge is 0.550 e. The smallest absolute Gasteiger partial charge is 0.0476 e. The van der Waals surface area contributed by atoms with E-state index in [0.717, 1.165) is 19.3 Å². The van der Waals surface area contributed by atoms with Gasteiger partial charge < -0.3 is 16.1 Å². The van der Waals surface area contributed by atoms with Crippen LogP contribution in [0.3, 0.4) is 0 Å². The van der Waals surface area contributed by atoms with Crippen LogP contribution in [0.1, 0.15) is 214 Å². The molecule has 0 fully saturated rings. The fourth-order valence-corrected chi connectivity index (χ4v) is 6.02. The van der Waals surface area contributed by atoms with E-state index in [9.17, 15) is 9.90 Å². The van der Waals surface area contributed by atoms with Crippen molar-refractivity contribution in [2.45, 2.75) is 214 Å². The Hall–Kier alpha value is -0.570. The summed E-state index contributed by atoms with van der Waals surface area (Å²) >= 11 is 0. The monoisotopic (exact) mass is 554 g/mol. The van der Waals surface area contributed by atoms with E-state index in [-0.39, 0.29) is 12.1 Å². The van der Waals surface area contributed by atoms with Gasteiger partial charge in [0.2, 0.25) is 0 Å². The molecule has 236 valence electrons. The molecule has 0 aromatic heterocycles. The van der Waals surface area contributed by atoms with Crippen molar-refractivity contribution >= 4 is 5.97 Å². The number of carbonyl (C=O) groups excluding carboxylic acids is 1. The highest BCUT2D eigenvalue weighted by molar-refractivity contribution is 5.72. The SMILES string of the molecule is CCCCCCCCCCCCCCCCC(C)(C(=O)[O-])C(C)CCCCCCCCCCCCCCC.[NH4+]. The van der Waals surface area contributed by atoms with Crippen LogP contribution < -0.4 is 11.3 Å². The van der Waals surface area contributed by atoms with Crippen molar-refractivity contribution in [2.75, 3.05) is 0 Å². The number of carboxylic acids is 1. The molecule has 0 radical (unpaired) electrons. The second-order valence-corrected chi connectivity index (χ2v) is 13.0. The minimum absolute atomic E-state index is 0. The van der Waals surface area contributed by atoms with E-state index in [0.29, 0.717) is 0 Å². The molecular formula is C36H75NO2. The lowest BCUT2D eigenvalue weighted by Gasteiger charge is -2.37. The lowest BCUT2D eigenvalue weighted by atomic mass is 9.72. The van der Waals surface area contributed by atoms with Gasteiger partial charge in [0.1, 0.15) is 0 Å². The van der Waals surface area contributed by atoms with Crippen LogP contribution in [-0.4, -0.2) is 5.97 Å². The first-order valence-corrected chi connectivity index (χ1v) is 17.7. The molecule has 4 N–H and O–H groups in total. The van der Waals surface area contributed by atoms with E-state index in [1.807, 2.05) is 6.92 Å². The summed E-state index contributed by atoms with van der Waals surface area (Å²) in [7, 11) is 0. The molecule has 3 nitrogen and oxygen atoms in total. The van der Waals surface area contributed by atoms with Gasteiger partial charge in [-0.25, -0.2) is 0 Å². The summed E-state index contributed by atoms with van der Waals surface area (Å²) in [4.78, 5) is 12.1. The molecule has 0 aromatic rings. The van der Waals surface area contributed by atoms with Gasteiger partial charge in [-0.1, -0.05) is 201 Å². The van der Waals surface area contributed by atoms with Gasteiger partial charge in [-0.3, -0.25) is 0 Å². The molecule has 0 amide bonds. The molecule has 0 saturated heterocycles. The van der Waals surface area contributed by atoms with E-state index in [4.69, 9.17) is 0 Å². The van der Waals surface area contributed by atoms with Gasteiger partial charge >= 0.3 is 0 Å². The first-order valence-electron chi connectivity index (χ1n) is 17.7. The van der Waals surface area contributed by atoms with Gasteiger partial charge in [0.15, 0.2) is 0 Å². The summed E-state index contributed by atoms with van der Waals surface area (Å²) in [6, 6.07) is 0. The molecule has 0 heterocycles. The van der Waals surface area contributed by atoms with E-state index in [1.165, 1.54) is 167 Å². The van der Waals surface area contributed by atoms with Gasteiger partial charge in [0.25, 0.3) is 0 Å². The highest BCUT2D eigenvalue weighted by atomic mass is 16.4. The van der Waals surface area contributed by atoms with Crippen molar-refractivity contribution in [1.29, 1.82) is 0 Å². The van der Waals surface area contributed by atoms with Crippen LogP contribution in [-0.2, 0) is 4.79 Å². The molecule has 2 atom stereocenters. The van der Waals surface area contributed by atoms with Crippen molar-refractivity contribution in [3.05, 3.63) is 0 Å². The molecule has 0 aliphatic rings. The molecule has 39 heavy (non-hydrogen) atoms. The molecule has 0 rings (SSSR count). The van der Waals surface area contributed by atoms with Crippen molar-refractivity contribution < 1.29 is 9.90 Å². The highest BCUT2D eigenvalue weighted by Gasteiger charge is 2.31. The fraction of sp³-hybridized carbons (Fsp3) is 0.972. The van der Waals surface area contributed by atoms with Gasteiger partial charge in [0.05, 0.1) is 0 Å². The van der Waals surface area contributed by atoms with Crippen molar-refractivity contribution in [2.24, 2.45) is 11.3 Å². The molecule has 0 aromatic carbocycles. The Morgan fingerprint density at radius 3 is 1.05 bits per heavy atom. The van der Waals surface area contributed by atoms with Crippen LogP contribution in [0.4, 0.5) is 0 Å². The van der Waals surface area contributed by atoms with E-state index in [2.05, 4.69) is 20.8 Å². The molecule has 2 unspecified atom stereocenters. The highest BCUT2D eigenvalue weighted by Crippen LogP contribution is 2.36. The van der Waals surface area contributed by atoms with Gasteiger partial charge in [0, 0.05) is 11.4 Å². The number of hydrogen-bond donors (Lipinski definition) is 1. The lowest BCUT2D eigenvalue weighted by Crippen LogP contribution is -2.44. The molecular weight excluding hydrogens is 478 g/mol. The Bertz CT molecular complexity index is 494. The number of unbranched alkanes of at least 4 members (excludes halogenated alkanes) is 25. The molecule has 3 heteroatoms. The zero-order chi connectivity index (χ0) is 28.2. The minimum Gasteiger partial charge on any atom is -0.550 e. The molecule has 0 aliphatic heterocycles. The maximum absolute atomic E-state index is 12.1. The van der Waals surface area contributed by atoms with Crippen LogP contribution in [0.5, 0.6) is 0 Å². The second kappa shape index (κ2) is 30.4. The summed E-state index contributed by atoms with van der Waals surface area (Å²) in [5, 5.41) is 12.1. The van der Waals surface area contributed by atoms with Gasteiger partial charge in [-0.15, -0.1) is 0 Å². The predicted molar refractivity (Wildman–Crippen MR) is 174 cm³/mol. The quantitative estimate of drug-likeness (QED) is 0.0866. The maximum atomic E-state index is 12.1. The molecule has 0 saturated carbocycles. The van der Waals surface area contributed by atoms with E-state index < -0.39 is 11.4 Å². The van der Waals surface area contributed by atoms with Gasteiger partial charge in [-0.05, 0) is 18.8 Å². The standard InChI is InChI=1S/C36H72O2.H3N/c1-5-7-9-11-13-15-17-19-21-23-25-27-29-31-33-36(4,35(37)38)34(3)32-30-28-26-24-22-20-18-16-14-12-10-8-6-2;/h34H,5-33H2,1-4H3,(H,37,38);1H3. The Morgan fingerprint density at radius 2 is 0.769 bits per heavy atom. The van der Waals surface area contributed by atoms with Crippen LogP contribution in [0.25, 0.3) is 0 Å². The third-order valence-corrected chi connectivity index (χ3v) is 9.34. The zero-order valence-corrected chi connectivity index (χ0v) is 27.9. The number of rotatable bonds is 31. The Morgan fingerprint density at radius 1 is 0.513 bits per heavy atom. The number of quaternary nitrogens is 1. The van der Waals surface area contributed by atoms with Crippen molar-refractivity contribution in [3.8, 4) is 0 Å². The summed E-state index contributed by atoms with van der Waals surface area (Å²) in [6.45, 7) is 8.67. The summed E-state index contributed by atoms with van der Waals surface area (Å²) in [6.07, 6.45) is 38.2. The number of hydrogen-bond acceptors (Lipinski definition) is 2. The zero-order valence-electron chi connectivity index (χ0n) is 27.9. The van der Waals surface area contributed by atoms with Crippen LogP contribution >= 0.6 is 0 Å². The lowest BCUT2D eigenvalue weighted by molar-refractivity contribution is -0.321. The first-order chi connectivity index (χ1) is 18.5. The topological polar surface area (TPSA) is 76.6 Å². The third kappa shape index (κ3) is 24.9. The molecule has 0 bridgehead atoms. The number of carboxylic acid groups (broad SMARTS) is 1. The normalized spacial score (nSPS) is 13.6. The molecule has 0 aliphatic carbocycles. The average molecular weight is 554 g/mol. The van der Waals surface area contributed by atoms with E-state index >= 15 is 0 Å². The van der Waals surface area contributed by atoms with Crippen molar-refractivity contribution in [3.63, 3.8) is 0 Å².